The molecule has 0 atom stereocenters. The van der Waals surface area contributed by atoms with Gasteiger partial charge in [0, 0.05) is 12.7 Å². The Kier molecular flexibility index (Phi) is 4.61. The Bertz CT molecular complexity index is 400. The zero-order valence-electron chi connectivity index (χ0n) is 9.46. The van der Waals surface area contributed by atoms with E-state index < -0.39 is 31.1 Å². The van der Waals surface area contributed by atoms with Gasteiger partial charge in [-0.25, -0.2) is 4.98 Å². The van der Waals surface area contributed by atoms with Gasteiger partial charge in [-0.15, -0.1) is 0 Å². The Labute approximate surface area is 104 Å². The van der Waals surface area contributed by atoms with Crippen molar-refractivity contribution in [3.05, 3.63) is 23.9 Å². The Hall–Kier alpha value is -1.51. The van der Waals surface area contributed by atoms with E-state index >= 15 is 0 Å². The van der Waals surface area contributed by atoms with E-state index in [-0.39, 0.29) is 12.4 Å². The quantitative estimate of drug-likeness (QED) is 0.865. The summed E-state index contributed by atoms with van der Waals surface area (Å²) >= 11 is 0. The van der Waals surface area contributed by atoms with E-state index in [1.54, 1.807) is 0 Å². The van der Waals surface area contributed by atoms with Crippen molar-refractivity contribution in [2.45, 2.75) is 12.4 Å². The van der Waals surface area contributed by atoms with Gasteiger partial charge in [-0.3, -0.25) is 0 Å². The highest BCUT2D eigenvalue weighted by Gasteiger charge is 2.33. The van der Waals surface area contributed by atoms with Gasteiger partial charge in [0.2, 0.25) is 0 Å². The molecule has 1 aromatic rings. The van der Waals surface area contributed by atoms with Crippen LogP contribution in [0.4, 0.5) is 32.2 Å². The Morgan fingerprint density at radius 3 is 2.11 bits per heavy atom. The summed E-state index contributed by atoms with van der Waals surface area (Å²) in [4.78, 5) is 4.00. The van der Waals surface area contributed by atoms with Crippen molar-refractivity contribution in [1.82, 2.24) is 4.98 Å². The molecule has 0 aliphatic heterocycles. The summed E-state index contributed by atoms with van der Waals surface area (Å²) in [6.07, 6.45) is -8.69. The second-order valence-electron chi connectivity index (χ2n) is 3.66. The molecule has 0 radical (unpaired) electrons. The van der Waals surface area contributed by atoms with Gasteiger partial charge in [0.25, 0.3) is 0 Å². The van der Waals surface area contributed by atoms with E-state index in [1.165, 1.54) is 0 Å². The minimum absolute atomic E-state index is 0.278. The van der Waals surface area contributed by atoms with Crippen molar-refractivity contribution in [1.29, 1.82) is 0 Å². The first kappa shape index (κ1) is 15.5. The fourth-order valence-electron chi connectivity index (χ4n) is 1.35. The summed E-state index contributed by atoms with van der Waals surface area (Å²) < 4.78 is 73.6. The van der Waals surface area contributed by atoms with Crippen molar-refractivity contribution < 1.29 is 31.4 Å². The molecule has 0 saturated carbocycles. The fraction of sp³-hybridized carbons (Fsp3) is 0.500. The summed E-state index contributed by atoms with van der Waals surface area (Å²) in [5.74, 6) is -0.278. The molecule has 0 amide bonds. The zero-order valence-corrected chi connectivity index (χ0v) is 9.46. The lowest BCUT2D eigenvalue weighted by molar-refractivity contribution is -0.137. The van der Waals surface area contributed by atoms with Crippen LogP contribution in [0.1, 0.15) is 5.56 Å². The first-order valence-electron chi connectivity index (χ1n) is 5.09. The highest BCUT2D eigenvalue weighted by Crippen LogP contribution is 2.29. The Morgan fingerprint density at radius 1 is 1.11 bits per heavy atom. The standard InChI is InChI=1S/C10H10F6N2O/c11-9(12,13)6-18(3-4-19)8-2-1-7(5-17-8)10(14,15)16/h1-2,5,19H,3-4,6H2. The number of rotatable bonds is 4. The molecule has 1 N–H and O–H groups in total. The molecule has 0 aliphatic carbocycles. The van der Waals surface area contributed by atoms with Gasteiger partial charge >= 0.3 is 12.4 Å². The van der Waals surface area contributed by atoms with E-state index in [0.717, 1.165) is 6.07 Å². The number of alkyl halides is 6. The average molecular weight is 288 g/mol. The number of aliphatic hydroxyl groups is 1. The number of nitrogens with zero attached hydrogens (tertiary/aromatic N) is 2. The van der Waals surface area contributed by atoms with Crippen LogP contribution in [-0.4, -0.2) is 36.0 Å². The number of pyridine rings is 1. The molecule has 19 heavy (non-hydrogen) atoms. The summed E-state index contributed by atoms with van der Waals surface area (Å²) in [6, 6.07) is 1.48. The summed E-state index contributed by atoms with van der Waals surface area (Å²) in [5, 5.41) is 8.66. The van der Waals surface area contributed by atoms with Gasteiger partial charge in [-0.05, 0) is 12.1 Å². The van der Waals surface area contributed by atoms with E-state index in [2.05, 4.69) is 4.98 Å². The lowest BCUT2D eigenvalue weighted by atomic mass is 10.2. The van der Waals surface area contributed by atoms with E-state index in [4.69, 9.17) is 5.11 Å². The number of aromatic nitrogens is 1. The van der Waals surface area contributed by atoms with E-state index in [9.17, 15) is 26.3 Å². The number of hydrogen-bond donors (Lipinski definition) is 1. The molecule has 0 fully saturated rings. The van der Waals surface area contributed by atoms with Gasteiger partial charge in [0.1, 0.15) is 12.4 Å². The molecular weight excluding hydrogens is 278 g/mol. The largest absolute Gasteiger partial charge is 0.417 e. The van der Waals surface area contributed by atoms with Gasteiger partial charge in [-0.2, -0.15) is 26.3 Å². The number of hydrogen-bond acceptors (Lipinski definition) is 3. The average Bonchev–Trinajstić information content (AvgIpc) is 2.26. The molecule has 1 rings (SSSR count). The van der Waals surface area contributed by atoms with Gasteiger partial charge in [0.05, 0.1) is 12.2 Å². The molecule has 0 unspecified atom stereocenters. The lowest BCUT2D eigenvalue weighted by Crippen LogP contribution is -2.36. The van der Waals surface area contributed by atoms with E-state index in [0.29, 0.717) is 17.2 Å². The first-order valence-corrected chi connectivity index (χ1v) is 5.09. The summed E-state index contributed by atoms with van der Waals surface area (Å²) in [6.45, 7) is -2.34. The molecule has 0 spiro atoms. The Morgan fingerprint density at radius 2 is 1.74 bits per heavy atom. The summed E-state index contributed by atoms with van der Waals surface area (Å²) in [5.41, 5.74) is -1.05. The van der Waals surface area contributed by atoms with Crippen molar-refractivity contribution in [3.8, 4) is 0 Å². The van der Waals surface area contributed by atoms with Gasteiger partial charge in [-0.1, -0.05) is 0 Å². The van der Waals surface area contributed by atoms with Crippen LogP contribution in [0, 0.1) is 0 Å². The van der Waals surface area contributed by atoms with Crippen molar-refractivity contribution in [2.75, 3.05) is 24.6 Å². The van der Waals surface area contributed by atoms with Crippen LogP contribution < -0.4 is 4.90 Å². The third-order valence-corrected chi connectivity index (χ3v) is 2.14. The monoisotopic (exact) mass is 288 g/mol. The van der Waals surface area contributed by atoms with Crippen LogP contribution in [0.25, 0.3) is 0 Å². The van der Waals surface area contributed by atoms with Gasteiger partial charge < -0.3 is 10.0 Å². The molecule has 0 aliphatic rings. The second kappa shape index (κ2) is 5.64. The highest BCUT2D eigenvalue weighted by atomic mass is 19.4. The topological polar surface area (TPSA) is 36.4 Å². The van der Waals surface area contributed by atoms with Crippen LogP contribution in [-0.2, 0) is 6.18 Å². The van der Waals surface area contributed by atoms with Crippen molar-refractivity contribution in [2.24, 2.45) is 0 Å². The molecule has 108 valence electrons. The number of halogens is 6. The molecule has 9 heteroatoms. The normalized spacial score (nSPS) is 12.6. The molecule has 0 aromatic carbocycles. The lowest BCUT2D eigenvalue weighted by Gasteiger charge is -2.24. The third kappa shape index (κ3) is 4.93. The SMILES string of the molecule is OCCN(CC(F)(F)F)c1ccc(C(F)(F)F)cn1. The maximum absolute atomic E-state index is 12.3. The molecule has 0 saturated heterocycles. The fourth-order valence-corrected chi connectivity index (χ4v) is 1.35. The first-order chi connectivity index (χ1) is 8.63. The third-order valence-electron chi connectivity index (χ3n) is 2.14. The molecule has 3 nitrogen and oxygen atoms in total. The van der Waals surface area contributed by atoms with Crippen LogP contribution in [0.5, 0.6) is 0 Å². The van der Waals surface area contributed by atoms with Crippen molar-refractivity contribution >= 4 is 5.82 Å². The second-order valence-corrected chi connectivity index (χ2v) is 3.66. The predicted molar refractivity (Wildman–Crippen MR) is 54.6 cm³/mol. The molecule has 1 aromatic heterocycles. The smallest absolute Gasteiger partial charge is 0.395 e. The maximum atomic E-state index is 12.3. The number of anilines is 1. The summed E-state index contributed by atoms with van der Waals surface area (Å²) in [7, 11) is 0. The minimum atomic E-state index is -4.60. The molecule has 0 bridgehead atoms. The highest BCUT2D eigenvalue weighted by molar-refractivity contribution is 5.40. The van der Waals surface area contributed by atoms with Crippen LogP contribution >= 0.6 is 0 Å². The molecule has 1 heterocycles. The predicted octanol–water partition coefficient (Wildman–Crippen LogP) is 2.46. The van der Waals surface area contributed by atoms with Crippen molar-refractivity contribution in [3.63, 3.8) is 0 Å². The van der Waals surface area contributed by atoms with Crippen LogP contribution in [0.15, 0.2) is 18.3 Å². The Balaban J connectivity index is 2.91. The maximum Gasteiger partial charge on any atom is 0.417 e. The van der Waals surface area contributed by atoms with Crippen LogP contribution in [0.3, 0.4) is 0 Å². The number of aliphatic hydroxyl groups excluding tert-OH is 1. The van der Waals surface area contributed by atoms with Gasteiger partial charge in [0.15, 0.2) is 0 Å². The zero-order chi connectivity index (χ0) is 14.7. The van der Waals surface area contributed by atoms with E-state index in [1.807, 2.05) is 0 Å². The molecular formula is C10H10F6N2O. The minimum Gasteiger partial charge on any atom is -0.395 e. The van der Waals surface area contributed by atoms with Crippen LogP contribution in [0.2, 0.25) is 0 Å².